The van der Waals surface area contributed by atoms with Crippen LogP contribution in [-0.2, 0) is 0 Å². The Labute approximate surface area is 85.0 Å². The first kappa shape index (κ1) is 10.3. The van der Waals surface area contributed by atoms with Gasteiger partial charge < -0.3 is 0 Å². The zero-order chi connectivity index (χ0) is 10.4. The normalized spacial score (nSPS) is 9.07. The second kappa shape index (κ2) is 5.04. The summed E-state index contributed by atoms with van der Waals surface area (Å²) in [6.45, 7) is 7.72. The van der Waals surface area contributed by atoms with Crippen molar-refractivity contribution in [1.82, 2.24) is 0 Å². The lowest BCUT2D eigenvalue weighted by atomic mass is 9.98. The molecule has 1 aromatic carbocycles. The maximum Gasteiger partial charge on any atom is 0.0625 e. The van der Waals surface area contributed by atoms with Gasteiger partial charge in [0.2, 0.25) is 0 Å². The number of allylic oxidation sites excluding steroid dienone is 1. The molecule has 0 aliphatic rings. The molecule has 0 N–H and O–H groups in total. The summed E-state index contributed by atoms with van der Waals surface area (Å²) in [6, 6.07) is 10.1. The van der Waals surface area contributed by atoms with Crippen LogP contribution in [0, 0.1) is 11.3 Å². The summed E-state index contributed by atoms with van der Waals surface area (Å²) < 4.78 is 0. The third kappa shape index (κ3) is 2.34. The Morgan fingerprint density at radius 3 is 2.79 bits per heavy atom. The maximum absolute atomic E-state index is 8.48. The minimum absolute atomic E-state index is 0.518. The van der Waals surface area contributed by atoms with Crippen LogP contribution in [0.3, 0.4) is 0 Å². The minimum atomic E-state index is 0.518. The summed E-state index contributed by atoms with van der Waals surface area (Å²) in [6.07, 6.45) is 3.05. The molecule has 0 atom stereocenters. The van der Waals surface area contributed by atoms with Gasteiger partial charge in [0.25, 0.3) is 0 Å². The third-order valence-electron chi connectivity index (χ3n) is 2.10. The summed E-state index contributed by atoms with van der Waals surface area (Å²) in [4.78, 5) is 0. The molecule has 70 valence electrons. The zero-order valence-electron chi connectivity index (χ0n) is 8.16. The topological polar surface area (TPSA) is 23.8 Å². The number of nitriles is 1. The number of hydrogen-bond donors (Lipinski definition) is 0. The van der Waals surface area contributed by atoms with E-state index in [2.05, 4.69) is 19.2 Å². The molecular formula is C13H13N. The Kier molecular flexibility index (Phi) is 3.69. The largest absolute Gasteiger partial charge is 0.198 e. The predicted octanol–water partition coefficient (Wildman–Crippen LogP) is 3.65. The van der Waals surface area contributed by atoms with Gasteiger partial charge in [0.1, 0.15) is 0 Å². The SMILES string of the molecule is C=Cc1ccccc1C(=C)CCC#N. The van der Waals surface area contributed by atoms with E-state index >= 15 is 0 Å². The Morgan fingerprint density at radius 2 is 2.14 bits per heavy atom. The Hall–Kier alpha value is -1.81. The smallest absolute Gasteiger partial charge is 0.0625 e. The van der Waals surface area contributed by atoms with Gasteiger partial charge >= 0.3 is 0 Å². The quantitative estimate of drug-likeness (QED) is 0.699. The molecule has 0 saturated heterocycles. The lowest BCUT2D eigenvalue weighted by Gasteiger charge is -2.07. The summed E-state index contributed by atoms with van der Waals surface area (Å²) in [5.74, 6) is 0. The van der Waals surface area contributed by atoms with Gasteiger partial charge in [-0.05, 0) is 23.1 Å². The van der Waals surface area contributed by atoms with Crippen molar-refractivity contribution in [2.45, 2.75) is 12.8 Å². The zero-order valence-corrected chi connectivity index (χ0v) is 8.16. The van der Waals surface area contributed by atoms with Crippen molar-refractivity contribution in [3.05, 3.63) is 48.6 Å². The molecule has 14 heavy (non-hydrogen) atoms. The van der Waals surface area contributed by atoms with Crippen LogP contribution in [0.25, 0.3) is 11.6 Å². The molecule has 0 bridgehead atoms. The van der Waals surface area contributed by atoms with Crippen molar-refractivity contribution in [2.75, 3.05) is 0 Å². The number of nitrogens with zero attached hydrogens (tertiary/aromatic N) is 1. The van der Waals surface area contributed by atoms with Crippen LogP contribution in [0.4, 0.5) is 0 Å². The first-order valence-electron chi connectivity index (χ1n) is 4.56. The first-order valence-corrected chi connectivity index (χ1v) is 4.56. The minimum Gasteiger partial charge on any atom is -0.198 e. The van der Waals surface area contributed by atoms with E-state index in [9.17, 15) is 0 Å². The lowest BCUT2D eigenvalue weighted by molar-refractivity contribution is 1.08. The van der Waals surface area contributed by atoms with Crippen molar-refractivity contribution in [3.63, 3.8) is 0 Å². The van der Waals surface area contributed by atoms with Crippen LogP contribution in [0.2, 0.25) is 0 Å². The lowest BCUT2D eigenvalue weighted by Crippen LogP contribution is -1.86. The molecule has 0 aliphatic heterocycles. The molecule has 1 rings (SSSR count). The van der Waals surface area contributed by atoms with Crippen molar-refractivity contribution in [3.8, 4) is 6.07 Å². The second-order valence-corrected chi connectivity index (χ2v) is 3.05. The van der Waals surface area contributed by atoms with Gasteiger partial charge in [-0.15, -0.1) is 0 Å². The van der Waals surface area contributed by atoms with Crippen molar-refractivity contribution < 1.29 is 0 Å². The Morgan fingerprint density at radius 1 is 1.43 bits per heavy atom. The van der Waals surface area contributed by atoms with Crippen molar-refractivity contribution in [2.24, 2.45) is 0 Å². The van der Waals surface area contributed by atoms with Crippen LogP contribution < -0.4 is 0 Å². The van der Waals surface area contributed by atoms with E-state index in [1.165, 1.54) is 0 Å². The summed E-state index contributed by atoms with van der Waals surface area (Å²) in [5, 5.41) is 8.48. The van der Waals surface area contributed by atoms with Crippen LogP contribution in [0.1, 0.15) is 24.0 Å². The highest BCUT2D eigenvalue weighted by Gasteiger charge is 2.01. The van der Waals surface area contributed by atoms with Crippen LogP contribution in [0.15, 0.2) is 37.4 Å². The molecule has 1 heteroatoms. The van der Waals surface area contributed by atoms with E-state index in [0.29, 0.717) is 6.42 Å². The molecule has 0 saturated carbocycles. The van der Waals surface area contributed by atoms with E-state index in [1.807, 2.05) is 30.3 Å². The molecule has 0 aromatic heterocycles. The first-order chi connectivity index (χ1) is 6.79. The molecule has 0 spiro atoms. The van der Waals surface area contributed by atoms with E-state index in [1.54, 1.807) is 0 Å². The summed E-state index contributed by atoms with van der Waals surface area (Å²) in [5.41, 5.74) is 3.18. The average Bonchev–Trinajstić information content (AvgIpc) is 2.25. The van der Waals surface area contributed by atoms with Crippen LogP contribution >= 0.6 is 0 Å². The predicted molar refractivity (Wildman–Crippen MR) is 60.4 cm³/mol. The molecule has 1 aromatic rings. The summed E-state index contributed by atoms with van der Waals surface area (Å²) in [7, 11) is 0. The van der Waals surface area contributed by atoms with Gasteiger partial charge in [-0.2, -0.15) is 5.26 Å². The molecule has 1 nitrogen and oxygen atoms in total. The second-order valence-electron chi connectivity index (χ2n) is 3.05. The molecule has 0 heterocycles. The highest BCUT2D eigenvalue weighted by molar-refractivity contribution is 5.72. The fourth-order valence-electron chi connectivity index (χ4n) is 1.34. The molecule has 0 amide bonds. The van der Waals surface area contributed by atoms with Crippen LogP contribution in [0.5, 0.6) is 0 Å². The average molecular weight is 183 g/mol. The van der Waals surface area contributed by atoms with E-state index in [-0.39, 0.29) is 0 Å². The highest BCUT2D eigenvalue weighted by Crippen LogP contribution is 2.22. The van der Waals surface area contributed by atoms with Gasteiger partial charge in [-0.1, -0.05) is 43.5 Å². The van der Waals surface area contributed by atoms with Gasteiger partial charge in [0.05, 0.1) is 6.07 Å². The van der Waals surface area contributed by atoms with E-state index < -0.39 is 0 Å². The molecule has 0 unspecified atom stereocenters. The number of rotatable bonds is 4. The van der Waals surface area contributed by atoms with Crippen LogP contribution in [-0.4, -0.2) is 0 Å². The third-order valence-corrected chi connectivity index (χ3v) is 2.10. The van der Waals surface area contributed by atoms with Gasteiger partial charge in [0, 0.05) is 6.42 Å². The molecule has 0 radical (unpaired) electrons. The van der Waals surface area contributed by atoms with Gasteiger partial charge in [-0.3, -0.25) is 0 Å². The monoisotopic (exact) mass is 183 g/mol. The Balaban J connectivity index is 2.89. The standard InChI is InChI=1S/C13H13N/c1-3-12-8-4-5-9-13(12)11(2)7-6-10-14/h3-5,8-9H,1-2,6-7H2. The molecule has 0 fully saturated rings. The highest BCUT2D eigenvalue weighted by atomic mass is 14.2. The van der Waals surface area contributed by atoms with Crippen molar-refractivity contribution >= 4 is 11.6 Å². The summed E-state index contributed by atoms with van der Waals surface area (Å²) >= 11 is 0. The number of benzene rings is 1. The van der Waals surface area contributed by atoms with Gasteiger partial charge in [-0.25, -0.2) is 0 Å². The van der Waals surface area contributed by atoms with E-state index in [4.69, 9.17) is 5.26 Å². The Bertz CT molecular complexity index is 382. The maximum atomic E-state index is 8.48. The molecular weight excluding hydrogens is 170 g/mol. The fraction of sp³-hybridized carbons (Fsp3) is 0.154. The fourth-order valence-corrected chi connectivity index (χ4v) is 1.34. The van der Waals surface area contributed by atoms with Crippen molar-refractivity contribution in [1.29, 1.82) is 5.26 Å². The van der Waals surface area contributed by atoms with Gasteiger partial charge in [0.15, 0.2) is 0 Å². The van der Waals surface area contributed by atoms with E-state index in [0.717, 1.165) is 23.1 Å². The number of hydrogen-bond acceptors (Lipinski definition) is 1. The molecule has 0 aliphatic carbocycles.